The predicted molar refractivity (Wildman–Crippen MR) is 131 cm³/mol. The standard InChI is InChI=1S/C12H10O10.C11H12O9S/c13-3-21-11(19)7-2-8(12(20)22-4-14)6(10(17)18)1-5(7)9(15)16;1-18-21(16,17)9-3-7(10(14)19-5-12)2-8(4-9)11(15)20-6-13/h1-2,13-14H,3-4H2,(H,15,16)(H,17,18);2-4,12-13H,5-6H2,1H3. The maximum atomic E-state index is 11.6. The largest absolute Gasteiger partial charge is 0.478 e. The number of aliphatic hydroxyl groups is 4. The zero-order valence-electron chi connectivity index (χ0n) is 21.6. The van der Waals surface area contributed by atoms with E-state index in [4.69, 9.17) is 30.6 Å². The maximum absolute atomic E-state index is 11.6. The van der Waals surface area contributed by atoms with Gasteiger partial charge in [-0.15, -0.1) is 0 Å². The number of hydrogen-bond donors (Lipinski definition) is 6. The Bertz CT molecular complexity index is 1410. The number of carbonyl (C=O) groups excluding carboxylic acids is 4. The van der Waals surface area contributed by atoms with Crippen molar-refractivity contribution in [2.24, 2.45) is 0 Å². The Kier molecular flexibility index (Phi) is 13.8. The molecule has 0 aromatic heterocycles. The van der Waals surface area contributed by atoms with Crippen LogP contribution in [0.1, 0.15) is 62.1 Å². The van der Waals surface area contributed by atoms with Crippen molar-refractivity contribution in [3.05, 3.63) is 63.7 Å². The third-order valence-corrected chi connectivity index (χ3v) is 5.98. The Labute approximate surface area is 240 Å². The monoisotopic (exact) mass is 634 g/mol. The van der Waals surface area contributed by atoms with E-state index < -0.39 is 100 Å². The van der Waals surface area contributed by atoms with Gasteiger partial charge in [0.05, 0.1) is 45.4 Å². The SMILES string of the molecule is COS(=O)(=O)c1cc(C(=O)OCO)cc(C(=O)OCO)c1.O=C(O)c1cc(C(=O)O)c(C(=O)OCO)cc1C(=O)OCO. The third-order valence-electron chi connectivity index (χ3n) is 4.73. The highest BCUT2D eigenvalue weighted by atomic mass is 32.2. The van der Waals surface area contributed by atoms with Crippen LogP contribution < -0.4 is 0 Å². The Balaban J connectivity index is 0.000000430. The highest BCUT2D eigenvalue weighted by Gasteiger charge is 2.27. The molecule has 2 aromatic rings. The Hall–Kier alpha value is -4.99. The second kappa shape index (κ2) is 16.5. The van der Waals surface area contributed by atoms with Crippen LogP contribution >= 0.6 is 0 Å². The number of ether oxygens (including phenoxy) is 4. The number of esters is 4. The fourth-order valence-corrected chi connectivity index (χ4v) is 3.66. The molecule has 0 saturated heterocycles. The van der Waals surface area contributed by atoms with E-state index in [1.54, 1.807) is 0 Å². The molecule has 0 aliphatic heterocycles. The molecule has 0 bridgehead atoms. The smallest absolute Gasteiger partial charge is 0.341 e. The van der Waals surface area contributed by atoms with Crippen LogP contribution in [0.25, 0.3) is 0 Å². The maximum Gasteiger partial charge on any atom is 0.341 e. The number of benzene rings is 2. The lowest BCUT2D eigenvalue weighted by Gasteiger charge is -2.10. The summed E-state index contributed by atoms with van der Waals surface area (Å²) in [5.74, 6) is -7.96. The fraction of sp³-hybridized carbons (Fsp3) is 0.217. The number of carboxylic acids is 2. The van der Waals surface area contributed by atoms with Crippen LogP contribution in [0.4, 0.5) is 0 Å². The fourth-order valence-electron chi connectivity index (χ4n) is 2.92. The van der Waals surface area contributed by atoms with E-state index in [1.165, 1.54) is 0 Å². The first-order valence-electron chi connectivity index (χ1n) is 10.9. The van der Waals surface area contributed by atoms with Crippen molar-refractivity contribution in [3.63, 3.8) is 0 Å². The Morgan fingerprint density at radius 2 is 0.884 bits per heavy atom. The molecule has 0 atom stereocenters. The highest BCUT2D eigenvalue weighted by molar-refractivity contribution is 7.86. The van der Waals surface area contributed by atoms with Gasteiger partial charge in [-0.2, -0.15) is 8.42 Å². The van der Waals surface area contributed by atoms with Crippen LogP contribution in [0.3, 0.4) is 0 Å². The summed E-state index contributed by atoms with van der Waals surface area (Å²) in [6, 6.07) is 4.03. The molecule has 0 aliphatic rings. The molecular weight excluding hydrogens is 612 g/mol. The van der Waals surface area contributed by atoms with Gasteiger partial charge in [0.1, 0.15) is 0 Å². The normalized spacial score (nSPS) is 10.4. The average Bonchev–Trinajstić information content (AvgIpc) is 2.96. The summed E-state index contributed by atoms with van der Waals surface area (Å²) in [7, 11) is -3.28. The first-order chi connectivity index (χ1) is 20.2. The molecule has 0 saturated carbocycles. The van der Waals surface area contributed by atoms with Gasteiger partial charge in [0, 0.05) is 0 Å². The van der Waals surface area contributed by atoms with Gasteiger partial charge in [-0.25, -0.2) is 28.8 Å². The minimum Gasteiger partial charge on any atom is -0.478 e. The molecule has 2 rings (SSSR count). The molecular formula is C23H22O19S. The van der Waals surface area contributed by atoms with Crippen molar-refractivity contribution in [1.82, 2.24) is 0 Å². The summed E-state index contributed by atoms with van der Waals surface area (Å²) in [5.41, 5.74) is -3.42. The zero-order valence-corrected chi connectivity index (χ0v) is 22.4. The molecule has 20 heteroatoms. The second-order valence-electron chi connectivity index (χ2n) is 7.16. The van der Waals surface area contributed by atoms with Gasteiger partial charge in [0.15, 0.2) is 27.2 Å². The summed E-state index contributed by atoms with van der Waals surface area (Å²) in [5, 5.41) is 52.1. The van der Waals surface area contributed by atoms with Crippen molar-refractivity contribution in [2.75, 3.05) is 34.3 Å². The highest BCUT2D eigenvalue weighted by Crippen LogP contribution is 2.21. The van der Waals surface area contributed by atoms with E-state index >= 15 is 0 Å². The third kappa shape index (κ3) is 9.81. The summed E-state index contributed by atoms with van der Waals surface area (Å²) in [6.45, 7) is -3.93. The van der Waals surface area contributed by atoms with E-state index in [9.17, 15) is 37.2 Å². The number of carbonyl (C=O) groups is 6. The van der Waals surface area contributed by atoms with Crippen LogP contribution in [-0.2, 0) is 33.2 Å². The van der Waals surface area contributed by atoms with Gasteiger partial charge in [0.25, 0.3) is 10.1 Å². The molecule has 0 heterocycles. The van der Waals surface area contributed by atoms with E-state index in [0.717, 1.165) is 25.3 Å². The van der Waals surface area contributed by atoms with Crippen LogP contribution in [0.15, 0.2) is 35.2 Å². The van der Waals surface area contributed by atoms with Crippen molar-refractivity contribution in [3.8, 4) is 0 Å². The Morgan fingerprint density at radius 1 is 0.558 bits per heavy atom. The van der Waals surface area contributed by atoms with Crippen molar-refractivity contribution < 1.29 is 91.0 Å². The summed E-state index contributed by atoms with van der Waals surface area (Å²) in [4.78, 5) is 67.9. The topological polar surface area (TPSA) is 304 Å². The van der Waals surface area contributed by atoms with E-state index in [-0.39, 0.29) is 11.1 Å². The summed E-state index contributed by atoms with van der Waals surface area (Å²) in [6.07, 6.45) is 0. The molecule has 6 N–H and O–H groups in total. The number of hydrogen-bond acceptors (Lipinski definition) is 17. The minimum absolute atomic E-state index is 0.313. The van der Waals surface area contributed by atoms with Gasteiger partial charge >= 0.3 is 35.8 Å². The van der Waals surface area contributed by atoms with E-state index in [0.29, 0.717) is 12.1 Å². The molecule has 0 fully saturated rings. The van der Waals surface area contributed by atoms with Crippen LogP contribution in [-0.4, -0.2) is 109 Å². The molecule has 43 heavy (non-hydrogen) atoms. The summed E-state index contributed by atoms with van der Waals surface area (Å²) >= 11 is 0. The number of aliphatic hydroxyl groups excluding tert-OH is 4. The van der Waals surface area contributed by atoms with Crippen molar-refractivity contribution >= 4 is 45.9 Å². The lowest BCUT2D eigenvalue weighted by Crippen LogP contribution is -2.19. The molecule has 0 spiro atoms. The first-order valence-corrected chi connectivity index (χ1v) is 12.3. The predicted octanol–water partition coefficient (Wildman–Crippen LogP) is -1.47. The summed E-state index contributed by atoms with van der Waals surface area (Å²) < 4.78 is 44.6. The van der Waals surface area contributed by atoms with Crippen LogP contribution in [0, 0.1) is 0 Å². The molecule has 0 amide bonds. The van der Waals surface area contributed by atoms with Gasteiger partial charge in [-0.05, 0) is 30.3 Å². The Morgan fingerprint density at radius 3 is 1.19 bits per heavy atom. The molecule has 19 nitrogen and oxygen atoms in total. The van der Waals surface area contributed by atoms with Gasteiger partial charge < -0.3 is 49.6 Å². The molecule has 234 valence electrons. The molecule has 0 radical (unpaired) electrons. The molecule has 0 unspecified atom stereocenters. The van der Waals surface area contributed by atoms with Crippen LogP contribution in [0.2, 0.25) is 0 Å². The van der Waals surface area contributed by atoms with E-state index in [2.05, 4.69) is 23.1 Å². The lowest BCUT2D eigenvalue weighted by atomic mass is 9.98. The number of rotatable bonds is 12. The van der Waals surface area contributed by atoms with Crippen molar-refractivity contribution in [1.29, 1.82) is 0 Å². The number of aromatic carboxylic acids is 2. The molecule has 0 aliphatic carbocycles. The van der Waals surface area contributed by atoms with Gasteiger partial charge in [0.2, 0.25) is 0 Å². The lowest BCUT2D eigenvalue weighted by molar-refractivity contribution is 0.00458. The van der Waals surface area contributed by atoms with E-state index in [1.807, 2.05) is 0 Å². The van der Waals surface area contributed by atoms with Gasteiger partial charge in [-0.1, -0.05) is 0 Å². The average molecular weight is 634 g/mol. The zero-order chi connectivity index (χ0) is 32.9. The van der Waals surface area contributed by atoms with Crippen molar-refractivity contribution in [2.45, 2.75) is 4.90 Å². The van der Waals surface area contributed by atoms with Crippen LogP contribution in [0.5, 0.6) is 0 Å². The number of carboxylic acid groups (broad SMARTS) is 2. The minimum atomic E-state index is -4.18. The molecule has 2 aromatic carbocycles. The van der Waals surface area contributed by atoms with Gasteiger partial charge in [-0.3, -0.25) is 4.18 Å². The first kappa shape index (κ1) is 36.0. The second-order valence-corrected chi connectivity index (χ2v) is 8.88. The quantitative estimate of drug-likeness (QED) is 0.0671.